The third-order valence-corrected chi connectivity index (χ3v) is 7.37. The monoisotopic (exact) mass is 307 g/mol. The van der Waals surface area contributed by atoms with Gasteiger partial charge in [0.2, 0.25) is 2.57 Å². The Kier molecular flexibility index (Phi) is 2.40. The standard InChI is InChI=1S/C4H7Br2NO3S/c5-4(6)3(8)2(7)1-11(4,9)10/h2-3,8H,1,7H2/t2-,3-/m0/s1. The predicted molar refractivity (Wildman–Crippen MR) is 48.4 cm³/mol. The minimum absolute atomic E-state index is 0.204. The maximum atomic E-state index is 11.2. The number of alkyl halides is 2. The predicted octanol–water partition coefficient (Wildman–Crippen LogP) is -0.453. The average Bonchev–Trinajstić information content (AvgIpc) is 1.93. The molecular weight excluding hydrogens is 302 g/mol. The molecule has 0 aliphatic carbocycles. The Bertz CT molecular complexity index is 263. The molecular formula is C4H7Br2NO3S. The van der Waals surface area contributed by atoms with Crippen LogP contribution in [0.2, 0.25) is 0 Å². The van der Waals surface area contributed by atoms with Crippen LogP contribution in [-0.2, 0) is 9.84 Å². The summed E-state index contributed by atoms with van der Waals surface area (Å²) < 4.78 is 20.9. The molecule has 0 aromatic heterocycles. The molecule has 0 saturated carbocycles. The van der Waals surface area contributed by atoms with Gasteiger partial charge in [0.25, 0.3) is 0 Å². The molecule has 0 amide bonds. The summed E-state index contributed by atoms with van der Waals surface area (Å²) >= 11 is 5.74. The van der Waals surface area contributed by atoms with Gasteiger partial charge in [0, 0.05) is 6.04 Å². The van der Waals surface area contributed by atoms with Crippen molar-refractivity contribution in [2.24, 2.45) is 5.73 Å². The molecule has 66 valence electrons. The van der Waals surface area contributed by atoms with Crippen molar-refractivity contribution in [2.45, 2.75) is 14.7 Å². The average molecular weight is 309 g/mol. The fourth-order valence-corrected chi connectivity index (χ4v) is 3.81. The number of hydrogen-bond acceptors (Lipinski definition) is 4. The molecule has 1 aliphatic rings. The van der Waals surface area contributed by atoms with Crippen LogP contribution in [0.5, 0.6) is 0 Å². The first-order chi connectivity index (χ1) is 4.79. The molecule has 3 N–H and O–H groups in total. The van der Waals surface area contributed by atoms with Gasteiger partial charge >= 0.3 is 0 Å². The van der Waals surface area contributed by atoms with Gasteiger partial charge in [-0.05, 0) is 0 Å². The van der Waals surface area contributed by atoms with Crippen molar-refractivity contribution in [3.63, 3.8) is 0 Å². The van der Waals surface area contributed by atoms with Crippen molar-refractivity contribution in [2.75, 3.05) is 5.75 Å². The Morgan fingerprint density at radius 1 is 1.55 bits per heavy atom. The van der Waals surface area contributed by atoms with Crippen molar-refractivity contribution in [3.05, 3.63) is 0 Å². The van der Waals surface area contributed by atoms with Gasteiger partial charge in [-0.1, -0.05) is 31.9 Å². The van der Waals surface area contributed by atoms with Crippen LogP contribution >= 0.6 is 31.9 Å². The van der Waals surface area contributed by atoms with Crippen LogP contribution in [0.1, 0.15) is 0 Å². The lowest BCUT2D eigenvalue weighted by molar-refractivity contribution is 0.172. The van der Waals surface area contributed by atoms with Crippen LogP contribution in [0.15, 0.2) is 0 Å². The summed E-state index contributed by atoms with van der Waals surface area (Å²) in [6.07, 6.45) is -1.10. The number of halogens is 2. The van der Waals surface area contributed by atoms with Crippen LogP contribution in [0.25, 0.3) is 0 Å². The second-order valence-electron chi connectivity index (χ2n) is 2.45. The second-order valence-corrected chi connectivity index (χ2v) is 9.27. The van der Waals surface area contributed by atoms with E-state index in [2.05, 4.69) is 31.9 Å². The van der Waals surface area contributed by atoms with Gasteiger partial charge in [0.05, 0.1) is 5.75 Å². The van der Waals surface area contributed by atoms with E-state index in [-0.39, 0.29) is 5.75 Å². The molecule has 7 heteroatoms. The molecule has 0 unspecified atom stereocenters. The SMILES string of the molecule is N[C@H]1CS(=O)(=O)C(Br)(Br)[C@H]1O. The number of aliphatic hydroxyl groups is 1. The van der Waals surface area contributed by atoms with E-state index in [4.69, 9.17) is 5.73 Å². The lowest BCUT2D eigenvalue weighted by atomic mass is 10.2. The van der Waals surface area contributed by atoms with E-state index in [1.807, 2.05) is 0 Å². The van der Waals surface area contributed by atoms with E-state index in [0.717, 1.165) is 0 Å². The second kappa shape index (κ2) is 2.66. The molecule has 0 bridgehead atoms. The summed E-state index contributed by atoms with van der Waals surface area (Å²) in [5.41, 5.74) is 5.34. The minimum Gasteiger partial charge on any atom is -0.388 e. The van der Waals surface area contributed by atoms with E-state index in [0.29, 0.717) is 0 Å². The van der Waals surface area contributed by atoms with E-state index >= 15 is 0 Å². The highest BCUT2D eigenvalue weighted by atomic mass is 79.9. The highest BCUT2D eigenvalue weighted by molar-refractivity contribution is 9.28. The molecule has 11 heavy (non-hydrogen) atoms. The zero-order valence-corrected chi connectivity index (χ0v) is 9.36. The molecule has 2 atom stereocenters. The first-order valence-corrected chi connectivity index (χ1v) is 6.06. The summed E-state index contributed by atoms with van der Waals surface area (Å²) in [5, 5.41) is 9.26. The minimum atomic E-state index is -3.36. The lowest BCUT2D eigenvalue weighted by Gasteiger charge is -2.17. The molecule has 0 spiro atoms. The lowest BCUT2D eigenvalue weighted by Crippen LogP contribution is -2.38. The number of nitrogens with two attached hydrogens (primary N) is 1. The number of aliphatic hydroxyl groups excluding tert-OH is 1. The third-order valence-electron chi connectivity index (χ3n) is 1.58. The maximum Gasteiger partial charge on any atom is 0.208 e. The largest absolute Gasteiger partial charge is 0.388 e. The Hall–Kier alpha value is 0.830. The van der Waals surface area contributed by atoms with Gasteiger partial charge in [-0.15, -0.1) is 0 Å². The highest BCUT2D eigenvalue weighted by Crippen LogP contribution is 2.43. The van der Waals surface area contributed by atoms with Gasteiger partial charge in [0.1, 0.15) is 6.10 Å². The Morgan fingerprint density at radius 3 is 2.09 bits per heavy atom. The first kappa shape index (κ1) is 9.91. The summed E-state index contributed by atoms with van der Waals surface area (Å²) in [6.45, 7) is 0. The zero-order valence-electron chi connectivity index (χ0n) is 5.37. The molecule has 1 fully saturated rings. The number of sulfone groups is 1. The van der Waals surface area contributed by atoms with Gasteiger partial charge in [-0.3, -0.25) is 0 Å². The molecule has 4 nitrogen and oxygen atoms in total. The fraction of sp³-hybridized carbons (Fsp3) is 1.00. The summed E-state index contributed by atoms with van der Waals surface area (Å²) in [7, 11) is -3.36. The van der Waals surface area contributed by atoms with Crippen molar-refractivity contribution in [3.8, 4) is 0 Å². The molecule has 0 radical (unpaired) electrons. The fourth-order valence-electron chi connectivity index (χ4n) is 0.889. The summed E-state index contributed by atoms with van der Waals surface area (Å²) in [5.74, 6) is -0.204. The van der Waals surface area contributed by atoms with Gasteiger partial charge in [-0.25, -0.2) is 8.42 Å². The molecule has 1 saturated heterocycles. The topological polar surface area (TPSA) is 80.4 Å². The quantitative estimate of drug-likeness (QED) is 0.594. The molecule has 0 aromatic rings. The Balaban J connectivity index is 3.12. The Morgan fingerprint density at radius 2 is 2.00 bits per heavy atom. The van der Waals surface area contributed by atoms with Crippen LogP contribution in [0.3, 0.4) is 0 Å². The van der Waals surface area contributed by atoms with E-state index in [1.54, 1.807) is 0 Å². The number of hydrogen-bond donors (Lipinski definition) is 2. The van der Waals surface area contributed by atoms with Crippen LogP contribution in [0.4, 0.5) is 0 Å². The van der Waals surface area contributed by atoms with Gasteiger partial charge < -0.3 is 10.8 Å². The van der Waals surface area contributed by atoms with Crippen LogP contribution < -0.4 is 5.73 Å². The summed E-state index contributed by atoms with van der Waals surface area (Å²) in [4.78, 5) is 0. The highest BCUT2D eigenvalue weighted by Gasteiger charge is 2.55. The molecule has 1 heterocycles. The van der Waals surface area contributed by atoms with Crippen LogP contribution in [-0.4, -0.2) is 34.0 Å². The van der Waals surface area contributed by atoms with Gasteiger partial charge in [0.15, 0.2) is 9.84 Å². The van der Waals surface area contributed by atoms with E-state index in [1.165, 1.54) is 0 Å². The third kappa shape index (κ3) is 1.37. The van der Waals surface area contributed by atoms with Crippen molar-refractivity contribution in [1.29, 1.82) is 0 Å². The number of rotatable bonds is 0. The van der Waals surface area contributed by atoms with Crippen LogP contribution in [0, 0.1) is 0 Å². The maximum absolute atomic E-state index is 11.2. The first-order valence-electron chi connectivity index (χ1n) is 2.83. The van der Waals surface area contributed by atoms with Crippen molar-refractivity contribution < 1.29 is 13.5 Å². The van der Waals surface area contributed by atoms with E-state index in [9.17, 15) is 13.5 Å². The van der Waals surface area contributed by atoms with Gasteiger partial charge in [-0.2, -0.15) is 0 Å². The summed E-state index contributed by atoms with van der Waals surface area (Å²) in [6, 6.07) is -0.723. The molecule has 1 aliphatic heterocycles. The van der Waals surface area contributed by atoms with E-state index < -0.39 is 24.5 Å². The zero-order chi connectivity index (χ0) is 8.86. The van der Waals surface area contributed by atoms with Crippen molar-refractivity contribution in [1.82, 2.24) is 0 Å². The van der Waals surface area contributed by atoms with Crippen molar-refractivity contribution >= 4 is 41.7 Å². The normalized spacial score (nSPS) is 40.7. The molecule has 1 rings (SSSR count). The smallest absolute Gasteiger partial charge is 0.208 e. The Labute approximate surface area is 81.3 Å². The molecule has 0 aromatic carbocycles.